The fourth-order valence-electron chi connectivity index (χ4n) is 2.20. The molecule has 0 amide bonds. The summed E-state index contributed by atoms with van der Waals surface area (Å²) in [6.07, 6.45) is 1.58. The topological polar surface area (TPSA) is 66.5 Å². The number of nitriles is 1. The molecule has 0 fully saturated rings. The zero-order chi connectivity index (χ0) is 16.1. The third-order valence-electron chi connectivity index (χ3n) is 3.30. The Morgan fingerprint density at radius 2 is 1.74 bits per heavy atom. The second-order valence-corrected chi connectivity index (χ2v) is 5.25. The van der Waals surface area contributed by atoms with Crippen LogP contribution in [-0.4, -0.2) is 19.8 Å². The van der Waals surface area contributed by atoms with Crippen molar-refractivity contribution in [3.8, 4) is 11.8 Å². The third-order valence-corrected chi connectivity index (χ3v) is 3.64. The molecule has 2 aromatic carbocycles. The van der Waals surface area contributed by atoms with E-state index < -0.39 is 5.92 Å². The lowest BCUT2D eigenvalue weighted by atomic mass is 10.1. The van der Waals surface area contributed by atoms with E-state index in [1.807, 2.05) is 60.7 Å². The molecule has 23 heavy (non-hydrogen) atoms. The maximum atomic E-state index is 9.56. The van der Waals surface area contributed by atoms with Crippen LogP contribution >= 0.6 is 12.2 Å². The summed E-state index contributed by atoms with van der Waals surface area (Å²) in [4.78, 5) is 0.392. The Bertz CT molecular complexity index is 836. The smallest absolute Gasteiger partial charge is 0.161 e. The van der Waals surface area contributed by atoms with E-state index in [1.165, 1.54) is 0 Å². The SMILES string of the molecule is N#CC(C(=S)Nc1ccccc1)c1nncn1-c1ccccc1. The molecule has 0 aliphatic rings. The Morgan fingerprint density at radius 3 is 2.39 bits per heavy atom. The number of thiocarbonyl (C=S) groups is 1. The predicted molar refractivity (Wildman–Crippen MR) is 92.4 cm³/mol. The molecule has 0 aliphatic heterocycles. The van der Waals surface area contributed by atoms with Crippen molar-refractivity contribution < 1.29 is 0 Å². The number of benzene rings is 2. The van der Waals surface area contributed by atoms with Gasteiger partial charge >= 0.3 is 0 Å². The second kappa shape index (κ2) is 6.81. The van der Waals surface area contributed by atoms with E-state index in [4.69, 9.17) is 12.2 Å². The molecule has 1 heterocycles. The Labute approximate surface area is 139 Å². The predicted octanol–water partition coefficient (Wildman–Crippen LogP) is 3.31. The molecule has 1 N–H and O–H groups in total. The molecule has 0 saturated carbocycles. The summed E-state index contributed by atoms with van der Waals surface area (Å²) >= 11 is 5.40. The van der Waals surface area contributed by atoms with Crippen molar-refractivity contribution >= 4 is 22.9 Å². The van der Waals surface area contributed by atoms with Crippen LogP contribution in [0.5, 0.6) is 0 Å². The van der Waals surface area contributed by atoms with E-state index in [2.05, 4.69) is 21.6 Å². The molecule has 6 heteroatoms. The van der Waals surface area contributed by atoms with Crippen molar-refractivity contribution in [2.24, 2.45) is 0 Å². The maximum absolute atomic E-state index is 9.56. The Morgan fingerprint density at radius 1 is 1.09 bits per heavy atom. The lowest BCUT2D eigenvalue weighted by Gasteiger charge is -2.14. The first-order valence-electron chi connectivity index (χ1n) is 7.00. The summed E-state index contributed by atoms with van der Waals surface area (Å²) in [5.41, 5.74) is 1.72. The van der Waals surface area contributed by atoms with Crippen molar-refractivity contribution in [2.75, 3.05) is 5.32 Å². The average molecular weight is 319 g/mol. The van der Waals surface area contributed by atoms with Gasteiger partial charge in [0.25, 0.3) is 0 Å². The molecule has 1 aromatic heterocycles. The third kappa shape index (κ3) is 3.25. The highest BCUT2D eigenvalue weighted by Gasteiger charge is 2.23. The van der Waals surface area contributed by atoms with Crippen molar-refractivity contribution in [2.45, 2.75) is 5.92 Å². The minimum Gasteiger partial charge on any atom is -0.349 e. The van der Waals surface area contributed by atoms with Gasteiger partial charge in [-0.3, -0.25) is 4.57 Å². The summed E-state index contributed by atoms with van der Waals surface area (Å²) in [6, 6.07) is 21.3. The first-order valence-corrected chi connectivity index (χ1v) is 7.41. The summed E-state index contributed by atoms with van der Waals surface area (Å²) in [5.74, 6) is -0.194. The summed E-state index contributed by atoms with van der Waals surface area (Å²) < 4.78 is 1.77. The molecular weight excluding hydrogens is 306 g/mol. The van der Waals surface area contributed by atoms with E-state index in [9.17, 15) is 5.26 Å². The number of para-hydroxylation sites is 2. The Hall–Kier alpha value is -3.04. The molecule has 0 radical (unpaired) electrons. The van der Waals surface area contributed by atoms with Gasteiger partial charge in [-0.15, -0.1) is 10.2 Å². The summed E-state index contributed by atoms with van der Waals surface area (Å²) in [7, 11) is 0. The van der Waals surface area contributed by atoms with Crippen molar-refractivity contribution in [1.29, 1.82) is 5.26 Å². The van der Waals surface area contributed by atoms with Crippen LogP contribution in [0.1, 0.15) is 11.7 Å². The van der Waals surface area contributed by atoms with Crippen LogP contribution in [0.3, 0.4) is 0 Å². The highest BCUT2D eigenvalue weighted by atomic mass is 32.1. The molecule has 0 aliphatic carbocycles. The minimum absolute atomic E-state index is 0.392. The lowest BCUT2D eigenvalue weighted by molar-refractivity contribution is 0.891. The standard InChI is InChI=1S/C17H13N5S/c18-11-15(17(23)20-13-7-3-1-4-8-13)16-21-19-12-22(16)14-9-5-2-6-10-14/h1-10,12,15H,(H,20,23). The van der Waals surface area contributed by atoms with E-state index in [0.717, 1.165) is 11.4 Å². The van der Waals surface area contributed by atoms with Crippen LogP contribution in [0.4, 0.5) is 5.69 Å². The molecule has 3 rings (SSSR count). The first kappa shape index (κ1) is 14.9. The second-order valence-electron chi connectivity index (χ2n) is 4.81. The van der Waals surface area contributed by atoms with Gasteiger partial charge < -0.3 is 5.32 Å². The van der Waals surface area contributed by atoms with E-state index in [0.29, 0.717) is 10.8 Å². The van der Waals surface area contributed by atoms with Crippen LogP contribution in [-0.2, 0) is 0 Å². The zero-order valence-corrected chi connectivity index (χ0v) is 12.9. The summed E-state index contributed by atoms with van der Waals surface area (Å²) in [5, 5.41) is 20.7. The quantitative estimate of drug-likeness (QED) is 0.747. The Kier molecular flexibility index (Phi) is 4.41. The van der Waals surface area contributed by atoms with Crippen molar-refractivity contribution in [3.63, 3.8) is 0 Å². The molecule has 0 saturated heterocycles. The molecule has 0 spiro atoms. The minimum atomic E-state index is -0.687. The van der Waals surface area contributed by atoms with E-state index in [1.54, 1.807) is 10.9 Å². The van der Waals surface area contributed by atoms with Crippen LogP contribution in [0.2, 0.25) is 0 Å². The van der Waals surface area contributed by atoms with Crippen LogP contribution in [0.15, 0.2) is 67.0 Å². The number of aromatic nitrogens is 3. The number of hydrogen-bond acceptors (Lipinski definition) is 4. The van der Waals surface area contributed by atoms with E-state index >= 15 is 0 Å². The van der Waals surface area contributed by atoms with Gasteiger partial charge in [0.15, 0.2) is 11.7 Å². The average Bonchev–Trinajstić information content (AvgIpc) is 3.06. The molecule has 1 atom stereocenters. The maximum Gasteiger partial charge on any atom is 0.161 e. The van der Waals surface area contributed by atoms with Crippen LogP contribution < -0.4 is 5.32 Å². The van der Waals surface area contributed by atoms with Gasteiger partial charge in [-0.05, 0) is 24.3 Å². The van der Waals surface area contributed by atoms with Crippen molar-refractivity contribution in [1.82, 2.24) is 14.8 Å². The van der Waals surface area contributed by atoms with Gasteiger partial charge in [0.05, 0.1) is 6.07 Å². The fourth-order valence-corrected chi connectivity index (χ4v) is 2.47. The number of anilines is 1. The highest BCUT2D eigenvalue weighted by molar-refractivity contribution is 7.80. The number of nitrogens with one attached hydrogen (secondary N) is 1. The number of hydrogen-bond donors (Lipinski definition) is 1. The monoisotopic (exact) mass is 319 g/mol. The van der Waals surface area contributed by atoms with E-state index in [-0.39, 0.29) is 0 Å². The Balaban J connectivity index is 1.89. The molecule has 112 valence electrons. The van der Waals surface area contributed by atoms with Crippen LogP contribution in [0, 0.1) is 11.3 Å². The largest absolute Gasteiger partial charge is 0.349 e. The molecule has 3 aromatic rings. The summed E-state index contributed by atoms with van der Waals surface area (Å²) in [6.45, 7) is 0. The van der Waals surface area contributed by atoms with Gasteiger partial charge in [-0.1, -0.05) is 48.6 Å². The molecule has 0 bridgehead atoms. The number of rotatable bonds is 4. The van der Waals surface area contributed by atoms with Gasteiger partial charge in [0.2, 0.25) is 0 Å². The molecule has 5 nitrogen and oxygen atoms in total. The zero-order valence-electron chi connectivity index (χ0n) is 12.1. The number of nitrogens with zero attached hydrogens (tertiary/aromatic N) is 4. The van der Waals surface area contributed by atoms with Crippen molar-refractivity contribution in [3.05, 3.63) is 72.8 Å². The normalized spacial score (nSPS) is 11.4. The van der Waals surface area contributed by atoms with Gasteiger partial charge in [0, 0.05) is 11.4 Å². The first-order chi connectivity index (χ1) is 11.3. The fraction of sp³-hybridized carbons (Fsp3) is 0.0588. The van der Waals surface area contributed by atoms with Gasteiger partial charge in [0.1, 0.15) is 11.3 Å². The van der Waals surface area contributed by atoms with Gasteiger partial charge in [-0.2, -0.15) is 5.26 Å². The molecular formula is C17H13N5S. The van der Waals surface area contributed by atoms with Crippen LogP contribution in [0.25, 0.3) is 5.69 Å². The molecule has 1 unspecified atom stereocenters. The van der Waals surface area contributed by atoms with Gasteiger partial charge in [-0.25, -0.2) is 0 Å². The highest BCUT2D eigenvalue weighted by Crippen LogP contribution is 2.20. The lowest BCUT2D eigenvalue weighted by Crippen LogP contribution is -2.21.